The number of ether oxygens (including phenoxy) is 1. The van der Waals surface area contributed by atoms with Crippen molar-refractivity contribution in [3.63, 3.8) is 0 Å². The first kappa shape index (κ1) is 16.0. The average molecular weight is 295 g/mol. The molecule has 22 heavy (non-hydrogen) atoms. The van der Waals surface area contributed by atoms with Crippen LogP contribution in [0.5, 0.6) is 0 Å². The lowest BCUT2D eigenvalue weighted by Crippen LogP contribution is -2.12. The van der Waals surface area contributed by atoms with E-state index < -0.39 is 0 Å². The molecule has 2 aromatic carbocycles. The molecule has 0 spiro atoms. The van der Waals surface area contributed by atoms with Gasteiger partial charge in [0.15, 0.2) is 12.8 Å². The van der Waals surface area contributed by atoms with Crippen LogP contribution >= 0.6 is 0 Å². The van der Waals surface area contributed by atoms with Gasteiger partial charge >= 0.3 is 0 Å². The molecular formula is C19H21NO2. The molecule has 114 valence electrons. The summed E-state index contributed by atoms with van der Waals surface area (Å²) in [7, 11) is 0. The van der Waals surface area contributed by atoms with Gasteiger partial charge in [-0.3, -0.25) is 0 Å². The largest absolute Gasteiger partial charge is 0.624 e. The number of nitrogens with zero attached hydrogens (tertiary/aromatic N) is 1. The zero-order chi connectivity index (χ0) is 15.6. The Morgan fingerprint density at radius 1 is 1.05 bits per heavy atom. The van der Waals surface area contributed by atoms with Gasteiger partial charge in [0.1, 0.15) is 6.61 Å². The lowest BCUT2D eigenvalue weighted by atomic mass is 10.1. The molecule has 0 aliphatic heterocycles. The Labute approximate surface area is 131 Å². The highest BCUT2D eigenvalue weighted by Crippen LogP contribution is 2.20. The molecule has 2 aromatic rings. The van der Waals surface area contributed by atoms with Crippen molar-refractivity contribution in [2.75, 3.05) is 6.61 Å². The van der Waals surface area contributed by atoms with E-state index in [0.29, 0.717) is 6.54 Å². The predicted molar refractivity (Wildman–Crippen MR) is 89.8 cm³/mol. The zero-order valence-electron chi connectivity index (χ0n) is 12.6. The normalized spacial score (nSPS) is 12.8. The molecule has 0 N–H and O–H groups in total. The highest BCUT2D eigenvalue weighted by molar-refractivity contribution is 5.52. The van der Waals surface area contributed by atoms with E-state index in [1.807, 2.05) is 66.7 Å². The second-order valence-electron chi connectivity index (χ2n) is 5.00. The van der Waals surface area contributed by atoms with Gasteiger partial charge < -0.3 is 9.94 Å². The second kappa shape index (κ2) is 8.80. The molecule has 3 nitrogen and oxygen atoms in total. The van der Waals surface area contributed by atoms with Crippen molar-refractivity contribution >= 4 is 6.21 Å². The van der Waals surface area contributed by atoms with E-state index in [9.17, 15) is 5.21 Å². The highest BCUT2D eigenvalue weighted by atomic mass is 16.5. The summed E-state index contributed by atoms with van der Waals surface area (Å²) >= 11 is 0. The molecule has 0 bridgehead atoms. The van der Waals surface area contributed by atoms with Crippen LogP contribution < -0.4 is 0 Å². The minimum absolute atomic E-state index is 0.0694. The third-order valence-corrected chi connectivity index (χ3v) is 3.31. The maximum absolute atomic E-state index is 11.8. The van der Waals surface area contributed by atoms with E-state index in [-0.39, 0.29) is 12.7 Å². The van der Waals surface area contributed by atoms with Crippen molar-refractivity contribution in [3.05, 3.63) is 89.7 Å². The molecule has 0 radical (unpaired) electrons. The summed E-state index contributed by atoms with van der Waals surface area (Å²) in [5.41, 5.74) is 2.08. The minimum atomic E-state index is -0.0694. The van der Waals surface area contributed by atoms with E-state index in [4.69, 9.17) is 4.74 Å². The Morgan fingerprint density at radius 3 is 2.32 bits per heavy atom. The Hall–Kier alpha value is -2.39. The van der Waals surface area contributed by atoms with Gasteiger partial charge in [-0.1, -0.05) is 66.7 Å². The van der Waals surface area contributed by atoms with Crippen LogP contribution in [-0.2, 0) is 11.3 Å². The van der Waals surface area contributed by atoms with Crippen LogP contribution in [0.15, 0.2) is 73.3 Å². The van der Waals surface area contributed by atoms with Gasteiger partial charge in [0.25, 0.3) is 0 Å². The SMILES string of the molecule is C=CCC(OC/C=[N+](\[O-])Cc1ccccc1)c1ccccc1. The lowest BCUT2D eigenvalue weighted by Gasteiger charge is -2.15. The topological polar surface area (TPSA) is 35.3 Å². The first-order valence-corrected chi connectivity index (χ1v) is 7.38. The molecular weight excluding hydrogens is 274 g/mol. The summed E-state index contributed by atoms with van der Waals surface area (Å²) in [6.45, 7) is 4.38. The van der Waals surface area contributed by atoms with Gasteiger partial charge in [0.2, 0.25) is 0 Å². The lowest BCUT2D eigenvalue weighted by molar-refractivity contribution is -0.471. The molecule has 0 saturated heterocycles. The van der Waals surface area contributed by atoms with E-state index in [2.05, 4.69) is 6.58 Å². The van der Waals surface area contributed by atoms with E-state index in [1.54, 1.807) is 0 Å². The summed E-state index contributed by atoms with van der Waals surface area (Å²) in [5, 5.41) is 11.8. The van der Waals surface area contributed by atoms with Crippen molar-refractivity contribution in [2.45, 2.75) is 19.1 Å². The van der Waals surface area contributed by atoms with Gasteiger partial charge in [0.05, 0.1) is 6.10 Å². The maximum atomic E-state index is 11.8. The van der Waals surface area contributed by atoms with Crippen LogP contribution in [0.1, 0.15) is 23.7 Å². The summed E-state index contributed by atoms with van der Waals surface area (Å²) in [4.78, 5) is 0. The summed E-state index contributed by atoms with van der Waals surface area (Å²) in [6, 6.07) is 19.6. The van der Waals surface area contributed by atoms with E-state index in [1.165, 1.54) is 6.21 Å². The predicted octanol–water partition coefficient (Wildman–Crippen LogP) is 4.10. The molecule has 0 aromatic heterocycles. The van der Waals surface area contributed by atoms with Crippen LogP contribution in [0.3, 0.4) is 0 Å². The van der Waals surface area contributed by atoms with Crippen LogP contribution in [-0.4, -0.2) is 17.6 Å². The first-order chi connectivity index (χ1) is 10.8. The van der Waals surface area contributed by atoms with Gasteiger partial charge in [-0.25, -0.2) is 4.74 Å². The van der Waals surface area contributed by atoms with Crippen LogP contribution in [0, 0.1) is 5.21 Å². The molecule has 0 aliphatic rings. The third kappa shape index (κ3) is 5.19. The first-order valence-electron chi connectivity index (χ1n) is 7.38. The number of hydroxylamine groups is 1. The van der Waals surface area contributed by atoms with Gasteiger partial charge in [-0.2, -0.15) is 0 Å². The van der Waals surface area contributed by atoms with Gasteiger partial charge in [-0.15, -0.1) is 6.58 Å². The Morgan fingerprint density at radius 2 is 1.68 bits per heavy atom. The Balaban J connectivity index is 1.89. The van der Waals surface area contributed by atoms with Crippen LogP contribution in [0.2, 0.25) is 0 Å². The fraction of sp³-hybridized carbons (Fsp3) is 0.211. The second-order valence-corrected chi connectivity index (χ2v) is 5.00. The summed E-state index contributed by atoms with van der Waals surface area (Å²) < 4.78 is 6.72. The van der Waals surface area contributed by atoms with E-state index in [0.717, 1.165) is 22.3 Å². The fourth-order valence-electron chi connectivity index (χ4n) is 2.19. The van der Waals surface area contributed by atoms with Gasteiger partial charge in [-0.05, 0) is 12.0 Å². The molecule has 0 fully saturated rings. The van der Waals surface area contributed by atoms with Crippen molar-refractivity contribution in [1.29, 1.82) is 0 Å². The summed E-state index contributed by atoms with van der Waals surface area (Å²) in [6.07, 6.45) is 4.01. The van der Waals surface area contributed by atoms with Crippen molar-refractivity contribution in [3.8, 4) is 0 Å². The highest BCUT2D eigenvalue weighted by Gasteiger charge is 2.09. The maximum Gasteiger partial charge on any atom is 0.178 e. The van der Waals surface area contributed by atoms with Crippen molar-refractivity contribution in [2.24, 2.45) is 0 Å². The average Bonchev–Trinajstić information content (AvgIpc) is 2.56. The van der Waals surface area contributed by atoms with Crippen molar-refractivity contribution in [1.82, 2.24) is 0 Å². The Kier molecular flexibility index (Phi) is 6.39. The molecule has 1 atom stereocenters. The number of hydrogen-bond donors (Lipinski definition) is 0. The number of rotatable bonds is 8. The van der Waals surface area contributed by atoms with E-state index >= 15 is 0 Å². The molecule has 0 saturated carbocycles. The summed E-state index contributed by atoms with van der Waals surface area (Å²) in [5.74, 6) is 0. The van der Waals surface area contributed by atoms with Gasteiger partial charge in [0, 0.05) is 5.56 Å². The third-order valence-electron chi connectivity index (χ3n) is 3.31. The molecule has 0 heterocycles. The standard InChI is InChI=1S/C19H21NO2/c1-2-9-19(18-12-7-4-8-13-18)22-15-14-20(21)16-17-10-5-3-6-11-17/h2-8,10-14,19H,1,9,15-16H2/b20-14-. The zero-order valence-corrected chi connectivity index (χ0v) is 12.6. The van der Waals surface area contributed by atoms with Crippen molar-refractivity contribution < 1.29 is 9.48 Å². The van der Waals surface area contributed by atoms with Crippen LogP contribution in [0.25, 0.3) is 0 Å². The molecule has 0 amide bonds. The quantitative estimate of drug-likeness (QED) is 0.242. The molecule has 1 unspecified atom stereocenters. The molecule has 3 heteroatoms. The minimum Gasteiger partial charge on any atom is -0.624 e. The smallest absolute Gasteiger partial charge is 0.178 e. The fourth-order valence-corrected chi connectivity index (χ4v) is 2.19. The molecule has 0 aliphatic carbocycles. The molecule has 2 rings (SSSR count). The number of benzene rings is 2. The monoisotopic (exact) mass is 295 g/mol. The van der Waals surface area contributed by atoms with Crippen LogP contribution in [0.4, 0.5) is 0 Å². The number of hydrogen-bond acceptors (Lipinski definition) is 2. The Bertz CT molecular complexity index is 593.